The van der Waals surface area contributed by atoms with E-state index in [-0.39, 0.29) is 36.3 Å². The van der Waals surface area contributed by atoms with Gasteiger partial charge in [-0.2, -0.15) is 4.31 Å². The van der Waals surface area contributed by atoms with Gasteiger partial charge in [0.2, 0.25) is 10.0 Å². The molecule has 180 valence electrons. The number of carbonyl (C=O) groups excluding carboxylic acids is 1. The lowest BCUT2D eigenvalue weighted by Crippen LogP contribution is -2.50. The quantitative estimate of drug-likeness (QED) is 0.369. The lowest BCUT2D eigenvalue weighted by Gasteiger charge is -2.34. The molecule has 0 N–H and O–H groups in total. The van der Waals surface area contributed by atoms with Crippen LogP contribution in [0.4, 0.5) is 0 Å². The molecule has 0 aliphatic carbocycles. The molecule has 35 heavy (non-hydrogen) atoms. The zero-order valence-corrected chi connectivity index (χ0v) is 21.1. The number of rotatable bonds is 4. The Labute approximate surface area is 215 Å². The third-order valence-electron chi connectivity index (χ3n) is 6.06. The predicted octanol–water partition coefficient (Wildman–Crippen LogP) is 5.12. The molecule has 9 heteroatoms. The van der Waals surface area contributed by atoms with E-state index >= 15 is 0 Å². The van der Waals surface area contributed by atoms with Gasteiger partial charge in [0, 0.05) is 49.2 Å². The molecule has 0 atom stereocenters. The van der Waals surface area contributed by atoms with Crippen molar-refractivity contribution in [1.29, 1.82) is 0 Å². The van der Waals surface area contributed by atoms with Crippen LogP contribution in [-0.2, 0) is 10.0 Å². The topological polar surface area (TPSA) is 70.6 Å². The summed E-state index contributed by atoms with van der Waals surface area (Å²) in [7, 11) is -3.66. The molecule has 1 aliphatic heterocycles. The zero-order valence-electron chi connectivity index (χ0n) is 18.7. The molecule has 6 nitrogen and oxygen atoms in total. The summed E-state index contributed by atoms with van der Waals surface area (Å²) in [5, 5.41) is 2.31. The summed E-state index contributed by atoms with van der Waals surface area (Å²) >= 11 is 6.03. The number of hydrogen-bond acceptors (Lipinski definition) is 4. The van der Waals surface area contributed by atoms with Gasteiger partial charge < -0.3 is 4.90 Å². The number of benzene rings is 3. The van der Waals surface area contributed by atoms with Crippen LogP contribution in [0.2, 0.25) is 5.02 Å². The molecule has 4 aromatic rings. The van der Waals surface area contributed by atoms with E-state index in [1.54, 1.807) is 59.8 Å². The van der Waals surface area contributed by atoms with Gasteiger partial charge in [0.05, 0.1) is 4.90 Å². The first-order valence-electron chi connectivity index (χ1n) is 10.9. The van der Waals surface area contributed by atoms with Crippen molar-refractivity contribution in [2.75, 3.05) is 26.2 Å². The number of sulfonamides is 1. The van der Waals surface area contributed by atoms with E-state index in [4.69, 9.17) is 11.6 Å². The van der Waals surface area contributed by atoms with Crippen LogP contribution in [-0.4, -0.2) is 54.7 Å². The molecule has 1 amide bonds. The summed E-state index contributed by atoms with van der Waals surface area (Å²) < 4.78 is 27.9. The third kappa shape index (κ3) is 5.18. The standard InChI is InChI=1S/C26H22ClN3O3S.ClH/c27-24-9-7-22-17-25(10-8-21(22)16-24)34(32,33)30-14-12-29(13-15-30)26(31)20-5-3-19(4-6-20)23-2-1-11-28-18-23;/h1-11,16-18H,12-15H2;1H. The van der Waals surface area contributed by atoms with Crippen molar-refractivity contribution in [3.63, 3.8) is 0 Å². The summed E-state index contributed by atoms with van der Waals surface area (Å²) in [5.74, 6) is -0.0997. The van der Waals surface area contributed by atoms with Gasteiger partial charge in [0.15, 0.2) is 0 Å². The van der Waals surface area contributed by atoms with Crippen LogP contribution < -0.4 is 0 Å². The van der Waals surface area contributed by atoms with Gasteiger partial charge in [-0.3, -0.25) is 9.78 Å². The Morgan fingerprint density at radius 3 is 2.20 bits per heavy atom. The van der Waals surface area contributed by atoms with Crippen molar-refractivity contribution in [2.24, 2.45) is 0 Å². The van der Waals surface area contributed by atoms with Crippen LogP contribution in [0.1, 0.15) is 10.4 Å². The van der Waals surface area contributed by atoms with Crippen molar-refractivity contribution in [2.45, 2.75) is 4.90 Å². The number of halogens is 2. The fourth-order valence-electron chi connectivity index (χ4n) is 4.16. The molecule has 1 saturated heterocycles. The van der Waals surface area contributed by atoms with E-state index in [0.717, 1.165) is 21.9 Å². The lowest BCUT2D eigenvalue weighted by molar-refractivity contribution is 0.0698. The maximum atomic E-state index is 13.2. The van der Waals surface area contributed by atoms with E-state index < -0.39 is 10.0 Å². The Kier molecular flexibility index (Phi) is 7.42. The predicted molar refractivity (Wildman–Crippen MR) is 141 cm³/mol. The maximum absolute atomic E-state index is 13.2. The van der Waals surface area contributed by atoms with Gasteiger partial charge in [0.1, 0.15) is 0 Å². The Balaban J connectivity index is 0.00000289. The second-order valence-electron chi connectivity index (χ2n) is 8.17. The third-order valence-corrected chi connectivity index (χ3v) is 8.19. The fraction of sp³-hybridized carbons (Fsp3) is 0.154. The molecular formula is C26H23Cl2N3O3S. The second-order valence-corrected chi connectivity index (χ2v) is 10.5. The summed E-state index contributed by atoms with van der Waals surface area (Å²) in [4.78, 5) is 19.1. The SMILES string of the molecule is Cl.O=C(c1ccc(-c2cccnc2)cc1)N1CCN(S(=O)(=O)c2ccc3cc(Cl)ccc3c2)CC1. The van der Waals surface area contributed by atoms with E-state index in [1.165, 1.54) is 4.31 Å². The molecule has 5 rings (SSSR count). The van der Waals surface area contributed by atoms with Gasteiger partial charge in [0.25, 0.3) is 5.91 Å². The average molecular weight is 528 g/mol. The number of piperazine rings is 1. The van der Waals surface area contributed by atoms with Crippen LogP contribution in [0.5, 0.6) is 0 Å². The van der Waals surface area contributed by atoms with Crippen LogP contribution in [0, 0.1) is 0 Å². The molecule has 1 aliphatic rings. The van der Waals surface area contributed by atoms with E-state index in [2.05, 4.69) is 4.98 Å². The highest BCUT2D eigenvalue weighted by Gasteiger charge is 2.30. The number of amides is 1. The van der Waals surface area contributed by atoms with Crippen LogP contribution in [0.25, 0.3) is 21.9 Å². The van der Waals surface area contributed by atoms with Crippen LogP contribution in [0.3, 0.4) is 0 Å². The fourth-order valence-corrected chi connectivity index (χ4v) is 5.80. The number of nitrogens with zero attached hydrogens (tertiary/aromatic N) is 3. The van der Waals surface area contributed by atoms with Crippen molar-refractivity contribution < 1.29 is 13.2 Å². The molecule has 1 aromatic heterocycles. The lowest BCUT2D eigenvalue weighted by atomic mass is 10.1. The van der Waals surface area contributed by atoms with Crippen LogP contribution >= 0.6 is 24.0 Å². The maximum Gasteiger partial charge on any atom is 0.253 e. The minimum absolute atomic E-state index is 0. The van der Waals surface area contributed by atoms with Crippen LogP contribution in [0.15, 0.2) is 90.1 Å². The number of carbonyl (C=O) groups is 1. The highest BCUT2D eigenvalue weighted by Crippen LogP contribution is 2.25. The van der Waals surface area contributed by atoms with E-state index in [1.807, 2.05) is 30.3 Å². The van der Waals surface area contributed by atoms with Gasteiger partial charge in [-0.05, 0) is 64.4 Å². The molecule has 0 bridgehead atoms. The van der Waals surface area contributed by atoms with Crippen molar-refractivity contribution in [3.8, 4) is 11.1 Å². The minimum atomic E-state index is -3.66. The first kappa shape index (κ1) is 25.1. The summed E-state index contributed by atoms with van der Waals surface area (Å²) in [6, 6.07) is 21.6. The normalized spacial score (nSPS) is 14.5. The monoisotopic (exact) mass is 527 g/mol. The zero-order chi connectivity index (χ0) is 23.7. The molecule has 0 saturated carbocycles. The summed E-state index contributed by atoms with van der Waals surface area (Å²) in [6.07, 6.45) is 3.50. The molecule has 3 aromatic carbocycles. The number of hydrogen-bond donors (Lipinski definition) is 0. The molecular weight excluding hydrogens is 505 g/mol. The Hall–Kier alpha value is -2.97. The van der Waals surface area contributed by atoms with Gasteiger partial charge in [-0.15, -0.1) is 12.4 Å². The van der Waals surface area contributed by atoms with Crippen molar-refractivity contribution in [3.05, 3.63) is 95.8 Å². The highest BCUT2D eigenvalue weighted by molar-refractivity contribution is 7.89. The smallest absolute Gasteiger partial charge is 0.253 e. The van der Waals surface area contributed by atoms with Gasteiger partial charge in [-0.25, -0.2) is 8.42 Å². The molecule has 0 unspecified atom stereocenters. The molecule has 2 heterocycles. The summed E-state index contributed by atoms with van der Waals surface area (Å²) in [6.45, 7) is 1.18. The summed E-state index contributed by atoms with van der Waals surface area (Å²) in [5.41, 5.74) is 2.55. The molecule has 0 spiro atoms. The van der Waals surface area contributed by atoms with Crippen molar-refractivity contribution >= 4 is 50.7 Å². The number of aromatic nitrogens is 1. The first-order valence-corrected chi connectivity index (χ1v) is 12.7. The van der Waals surface area contributed by atoms with E-state index in [0.29, 0.717) is 23.7 Å². The van der Waals surface area contributed by atoms with Gasteiger partial charge >= 0.3 is 0 Å². The van der Waals surface area contributed by atoms with Gasteiger partial charge in [-0.1, -0.05) is 41.9 Å². The minimum Gasteiger partial charge on any atom is -0.336 e. The second kappa shape index (κ2) is 10.3. The van der Waals surface area contributed by atoms with E-state index in [9.17, 15) is 13.2 Å². The number of pyridine rings is 1. The Morgan fingerprint density at radius 1 is 0.829 bits per heavy atom. The number of fused-ring (bicyclic) bond motifs is 1. The first-order chi connectivity index (χ1) is 16.4. The molecule has 1 fully saturated rings. The average Bonchev–Trinajstić information content (AvgIpc) is 2.88. The largest absolute Gasteiger partial charge is 0.336 e. The molecule has 0 radical (unpaired) electrons. The Morgan fingerprint density at radius 2 is 1.51 bits per heavy atom. The van der Waals surface area contributed by atoms with Crippen molar-refractivity contribution in [1.82, 2.24) is 14.2 Å². The highest BCUT2D eigenvalue weighted by atomic mass is 35.5. The Bertz CT molecular complexity index is 1450.